The number of amides is 1. The van der Waals surface area contributed by atoms with Crippen LogP contribution in [0.2, 0.25) is 0 Å². The summed E-state index contributed by atoms with van der Waals surface area (Å²) in [6.07, 6.45) is 1.47. The number of hydrogen-bond donors (Lipinski definition) is 1. The highest BCUT2D eigenvalue weighted by Gasteiger charge is 2.39. The summed E-state index contributed by atoms with van der Waals surface area (Å²) >= 11 is 0. The summed E-state index contributed by atoms with van der Waals surface area (Å²) in [5, 5.41) is 2.99. The maximum atomic E-state index is 13.0. The van der Waals surface area contributed by atoms with Crippen molar-refractivity contribution >= 4 is 27.5 Å². The first-order valence-corrected chi connectivity index (χ1v) is 10.9. The molecule has 1 atom stereocenters. The Hall–Kier alpha value is -2.67. The Morgan fingerprint density at radius 1 is 1.18 bits per heavy atom. The normalized spacial score (nSPS) is 20.2. The summed E-state index contributed by atoms with van der Waals surface area (Å²) in [5.41, 5.74) is 2.48. The van der Waals surface area contributed by atoms with E-state index in [9.17, 15) is 13.2 Å². The molecule has 0 bridgehead atoms. The topological polar surface area (TPSA) is 78.8 Å². The lowest BCUT2D eigenvalue weighted by molar-refractivity contribution is -0.119. The number of nitrogens with one attached hydrogen (secondary N) is 1. The molecule has 7 heteroatoms. The van der Waals surface area contributed by atoms with Gasteiger partial charge >= 0.3 is 0 Å². The number of anilines is 1. The monoisotopic (exact) mass is 397 g/mol. The zero-order valence-corrected chi connectivity index (χ0v) is 16.7. The van der Waals surface area contributed by atoms with Crippen LogP contribution in [0.25, 0.3) is 0 Å². The average Bonchev–Trinajstić information content (AvgIpc) is 3.25. The summed E-state index contributed by atoms with van der Waals surface area (Å²) in [7, 11) is -3.70. The van der Waals surface area contributed by atoms with Crippen LogP contribution in [0.4, 0.5) is 5.69 Å². The first-order valence-electron chi connectivity index (χ1n) is 9.48. The van der Waals surface area contributed by atoms with Gasteiger partial charge < -0.3 is 10.2 Å². The second-order valence-electron chi connectivity index (χ2n) is 7.51. The first kappa shape index (κ1) is 18.7. The first-order chi connectivity index (χ1) is 13.4. The fourth-order valence-electron chi connectivity index (χ4n) is 3.79. The number of likely N-dealkylation sites (tertiary alicyclic amines) is 1. The van der Waals surface area contributed by atoms with Crippen molar-refractivity contribution in [3.63, 3.8) is 0 Å². The van der Waals surface area contributed by atoms with E-state index in [0.29, 0.717) is 30.3 Å². The smallest absolute Gasteiger partial charge is 0.285 e. The third-order valence-electron chi connectivity index (χ3n) is 5.26. The molecule has 0 aromatic heterocycles. The van der Waals surface area contributed by atoms with Crippen LogP contribution >= 0.6 is 0 Å². The molecule has 1 N–H and O–H groups in total. The molecule has 2 heterocycles. The van der Waals surface area contributed by atoms with Gasteiger partial charge in [-0.1, -0.05) is 38.1 Å². The summed E-state index contributed by atoms with van der Waals surface area (Å²) in [5.74, 6) is 0.612. The predicted molar refractivity (Wildman–Crippen MR) is 109 cm³/mol. The standard InChI is InChI=1S/C21H23N3O3S/c1-14(2)15-7-5-8-16(13-15)22-21(25)18-10-6-12-24(18)20-17-9-3-4-11-19(17)28(26,27)23-20/h3-5,7-9,11,13-14,18H,6,10,12H2,1-2H3,(H,22,25)/t18-/m0/s1. The molecule has 1 saturated heterocycles. The Balaban J connectivity index is 1.59. The Morgan fingerprint density at radius 2 is 1.96 bits per heavy atom. The summed E-state index contributed by atoms with van der Waals surface area (Å²) in [4.78, 5) is 15.0. The molecule has 28 heavy (non-hydrogen) atoms. The number of nitrogens with zero attached hydrogens (tertiary/aromatic N) is 2. The number of amidine groups is 1. The summed E-state index contributed by atoms with van der Waals surface area (Å²) < 4.78 is 28.7. The zero-order valence-electron chi connectivity index (χ0n) is 15.9. The Morgan fingerprint density at radius 3 is 2.75 bits per heavy atom. The lowest BCUT2D eigenvalue weighted by Crippen LogP contribution is -2.43. The van der Waals surface area contributed by atoms with E-state index < -0.39 is 16.1 Å². The molecule has 146 valence electrons. The molecule has 2 aliphatic rings. The molecule has 2 aliphatic heterocycles. The number of sulfonamides is 1. The third-order valence-corrected chi connectivity index (χ3v) is 6.59. The van der Waals surface area contributed by atoms with Gasteiger partial charge in [0, 0.05) is 17.8 Å². The van der Waals surface area contributed by atoms with Gasteiger partial charge in [-0.2, -0.15) is 8.42 Å². The van der Waals surface area contributed by atoms with Crippen LogP contribution in [0.15, 0.2) is 57.8 Å². The van der Waals surface area contributed by atoms with Crippen molar-refractivity contribution in [1.29, 1.82) is 0 Å². The highest BCUT2D eigenvalue weighted by Crippen LogP contribution is 2.31. The highest BCUT2D eigenvalue weighted by molar-refractivity contribution is 7.90. The van der Waals surface area contributed by atoms with Crippen LogP contribution in [-0.2, 0) is 14.8 Å². The summed E-state index contributed by atoms with van der Waals surface area (Å²) in [6, 6.07) is 14.2. The quantitative estimate of drug-likeness (QED) is 0.861. The van der Waals surface area contributed by atoms with E-state index in [-0.39, 0.29) is 10.8 Å². The van der Waals surface area contributed by atoms with Gasteiger partial charge in [0.15, 0.2) is 5.84 Å². The number of fused-ring (bicyclic) bond motifs is 1. The Kier molecular flexibility index (Phi) is 4.71. The molecule has 2 aromatic rings. The summed E-state index contributed by atoms with van der Waals surface area (Å²) in [6.45, 7) is 4.82. The Labute approximate surface area is 165 Å². The van der Waals surface area contributed by atoms with E-state index in [2.05, 4.69) is 23.6 Å². The number of carbonyl (C=O) groups is 1. The molecule has 0 radical (unpaired) electrons. The zero-order chi connectivity index (χ0) is 19.9. The fraction of sp³-hybridized carbons (Fsp3) is 0.333. The highest BCUT2D eigenvalue weighted by atomic mass is 32.2. The van der Waals surface area contributed by atoms with Gasteiger partial charge in [0.05, 0.1) is 0 Å². The van der Waals surface area contributed by atoms with Crippen molar-refractivity contribution in [1.82, 2.24) is 4.90 Å². The van der Waals surface area contributed by atoms with E-state index in [1.165, 1.54) is 0 Å². The van der Waals surface area contributed by atoms with E-state index in [1.54, 1.807) is 24.3 Å². The molecular formula is C21H23N3O3S. The lowest BCUT2D eigenvalue weighted by atomic mass is 10.0. The van der Waals surface area contributed by atoms with Crippen molar-refractivity contribution in [2.24, 2.45) is 4.40 Å². The molecule has 1 amide bonds. The number of carbonyl (C=O) groups excluding carboxylic acids is 1. The molecule has 6 nitrogen and oxygen atoms in total. The number of rotatable bonds is 3. The van der Waals surface area contributed by atoms with Gasteiger partial charge in [0.25, 0.3) is 10.0 Å². The second-order valence-corrected chi connectivity index (χ2v) is 9.08. The second kappa shape index (κ2) is 7.05. The molecular weight excluding hydrogens is 374 g/mol. The van der Waals surface area contributed by atoms with Gasteiger partial charge in [-0.25, -0.2) is 0 Å². The molecule has 0 aliphatic carbocycles. The van der Waals surface area contributed by atoms with Crippen LogP contribution < -0.4 is 5.32 Å². The molecule has 0 saturated carbocycles. The van der Waals surface area contributed by atoms with E-state index in [4.69, 9.17) is 0 Å². The van der Waals surface area contributed by atoms with Crippen molar-refractivity contribution in [2.45, 2.75) is 43.5 Å². The van der Waals surface area contributed by atoms with Crippen LogP contribution in [0, 0.1) is 0 Å². The predicted octanol–water partition coefficient (Wildman–Crippen LogP) is 3.36. The van der Waals surface area contributed by atoms with Crippen LogP contribution in [0.1, 0.15) is 43.7 Å². The minimum Gasteiger partial charge on any atom is -0.343 e. The van der Waals surface area contributed by atoms with E-state index in [0.717, 1.165) is 17.7 Å². The fourth-order valence-corrected chi connectivity index (χ4v) is 5.01. The Bertz CT molecular complexity index is 1060. The van der Waals surface area contributed by atoms with Gasteiger partial charge in [-0.05, 0) is 48.6 Å². The molecule has 2 aromatic carbocycles. The average molecular weight is 398 g/mol. The van der Waals surface area contributed by atoms with Crippen molar-refractivity contribution < 1.29 is 13.2 Å². The van der Waals surface area contributed by atoms with Gasteiger partial charge in [-0.15, -0.1) is 4.40 Å². The molecule has 0 unspecified atom stereocenters. The van der Waals surface area contributed by atoms with E-state index in [1.807, 2.05) is 29.2 Å². The lowest BCUT2D eigenvalue weighted by Gasteiger charge is -2.25. The van der Waals surface area contributed by atoms with Gasteiger partial charge in [0.1, 0.15) is 10.9 Å². The maximum absolute atomic E-state index is 13.0. The van der Waals surface area contributed by atoms with Crippen molar-refractivity contribution in [3.05, 3.63) is 59.7 Å². The minimum absolute atomic E-state index is 0.136. The van der Waals surface area contributed by atoms with Gasteiger partial charge in [0.2, 0.25) is 5.91 Å². The molecule has 0 spiro atoms. The van der Waals surface area contributed by atoms with Crippen LogP contribution in [-0.4, -0.2) is 37.6 Å². The maximum Gasteiger partial charge on any atom is 0.285 e. The van der Waals surface area contributed by atoms with Crippen LogP contribution in [0.3, 0.4) is 0 Å². The van der Waals surface area contributed by atoms with Crippen molar-refractivity contribution in [2.75, 3.05) is 11.9 Å². The minimum atomic E-state index is -3.70. The SMILES string of the molecule is CC(C)c1cccc(NC(=O)[C@@H]2CCCN2C2=NS(=O)(=O)c3ccccc32)c1. The van der Waals surface area contributed by atoms with Crippen LogP contribution in [0.5, 0.6) is 0 Å². The van der Waals surface area contributed by atoms with Crippen molar-refractivity contribution in [3.8, 4) is 0 Å². The molecule has 4 rings (SSSR count). The van der Waals surface area contributed by atoms with Gasteiger partial charge in [-0.3, -0.25) is 4.79 Å². The third kappa shape index (κ3) is 3.30. The number of hydrogen-bond acceptors (Lipinski definition) is 4. The molecule has 1 fully saturated rings. The largest absolute Gasteiger partial charge is 0.343 e. The van der Waals surface area contributed by atoms with E-state index >= 15 is 0 Å². The number of benzene rings is 2.